The van der Waals surface area contributed by atoms with Gasteiger partial charge in [-0.05, 0) is 31.2 Å². The summed E-state index contributed by atoms with van der Waals surface area (Å²) in [6.45, 7) is 5.75. The van der Waals surface area contributed by atoms with Gasteiger partial charge in [-0.25, -0.2) is 0 Å². The molecule has 1 unspecified atom stereocenters. The number of hydrogen-bond donors (Lipinski definition) is 2. The Balaban J connectivity index is 0.000000671. The number of rotatable bonds is 1. The van der Waals surface area contributed by atoms with Crippen molar-refractivity contribution >= 4 is 36.3 Å². The predicted octanol–water partition coefficient (Wildman–Crippen LogP) is 1.97. The van der Waals surface area contributed by atoms with Crippen LogP contribution in [0.1, 0.15) is 53.0 Å². The third-order valence-corrected chi connectivity index (χ3v) is 3.68. The highest BCUT2D eigenvalue weighted by atomic mass is 32.1. The lowest BCUT2D eigenvalue weighted by molar-refractivity contribution is -0.136. The van der Waals surface area contributed by atoms with Gasteiger partial charge in [-0.1, -0.05) is 26.0 Å². The van der Waals surface area contributed by atoms with E-state index < -0.39 is 23.8 Å². The van der Waals surface area contributed by atoms with Crippen LogP contribution in [0, 0.1) is 6.92 Å². The molecule has 2 heterocycles. The minimum atomic E-state index is -0.903. The van der Waals surface area contributed by atoms with Crippen molar-refractivity contribution in [3.05, 3.63) is 34.9 Å². The third kappa shape index (κ3) is 3.51. The Morgan fingerprint density at radius 2 is 1.71 bits per heavy atom. The van der Waals surface area contributed by atoms with Crippen LogP contribution in [-0.4, -0.2) is 40.8 Å². The zero-order valence-electron chi connectivity index (χ0n) is 14.3. The summed E-state index contributed by atoms with van der Waals surface area (Å²) in [5, 5.41) is 2.16. The molecule has 0 radical (unpaired) electrons. The first-order chi connectivity index (χ1) is 11.5. The summed E-state index contributed by atoms with van der Waals surface area (Å²) in [7, 11) is 0. The van der Waals surface area contributed by atoms with Crippen molar-refractivity contribution in [1.29, 1.82) is 0 Å². The van der Waals surface area contributed by atoms with E-state index in [2.05, 4.69) is 17.9 Å². The summed E-state index contributed by atoms with van der Waals surface area (Å²) in [6.07, 6.45) is 2.00. The van der Waals surface area contributed by atoms with Crippen molar-refractivity contribution in [1.82, 2.24) is 10.2 Å². The lowest BCUT2D eigenvalue weighted by atomic mass is 10.0. The Labute approximate surface area is 147 Å². The number of benzene rings is 1. The fourth-order valence-corrected chi connectivity index (χ4v) is 2.68. The van der Waals surface area contributed by atoms with E-state index in [9.17, 15) is 19.2 Å². The maximum atomic E-state index is 12.4. The number of aryl methyl sites for hydroxylation is 1. The minimum absolute atomic E-state index is 0.128. The van der Waals surface area contributed by atoms with E-state index in [0.29, 0.717) is 16.7 Å². The summed E-state index contributed by atoms with van der Waals surface area (Å²) >= 11 is 3.53. The summed E-state index contributed by atoms with van der Waals surface area (Å²) in [5.74, 6) is -1.90. The van der Waals surface area contributed by atoms with E-state index in [4.69, 9.17) is 0 Å². The van der Waals surface area contributed by atoms with Gasteiger partial charge in [-0.15, -0.1) is 0 Å². The molecule has 4 amide bonds. The summed E-state index contributed by atoms with van der Waals surface area (Å²) in [6, 6.07) is 4.12. The van der Waals surface area contributed by atoms with Gasteiger partial charge in [0, 0.05) is 6.42 Å². The fourth-order valence-electron chi connectivity index (χ4n) is 2.68. The molecule has 0 bridgehead atoms. The number of fused-ring (bicyclic) bond motifs is 1. The first-order valence-electron chi connectivity index (χ1n) is 7.76. The second kappa shape index (κ2) is 8.63. The van der Waals surface area contributed by atoms with Crippen molar-refractivity contribution in [2.24, 2.45) is 0 Å². The van der Waals surface area contributed by atoms with Gasteiger partial charge in [0.1, 0.15) is 6.04 Å². The molecule has 1 aromatic carbocycles. The average Bonchev–Trinajstić information content (AvgIpc) is 2.84. The van der Waals surface area contributed by atoms with Crippen molar-refractivity contribution in [2.75, 3.05) is 6.26 Å². The first kappa shape index (κ1) is 19.9. The molecule has 3 rings (SSSR count). The van der Waals surface area contributed by atoms with Gasteiger partial charge in [0.25, 0.3) is 11.8 Å². The molecule has 7 heteroatoms. The summed E-state index contributed by atoms with van der Waals surface area (Å²) in [5.41, 5.74) is 1.37. The van der Waals surface area contributed by atoms with Crippen molar-refractivity contribution < 1.29 is 19.2 Å². The molecule has 0 aromatic heterocycles. The number of amides is 4. The van der Waals surface area contributed by atoms with Gasteiger partial charge < -0.3 is 0 Å². The van der Waals surface area contributed by atoms with Crippen molar-refractivity contribution in [3.63, 3.8) is 0 Å². The molecule has 0 saturated carbocycles. The molecule has 1 atom stereocenters. The average molecular weight is 350 g/mol. The molecule has 0 spiro atoms. The second-order valence-electron chi connectivity index (χ2n) is 4.94. The second-order valence-corrected chi connectivity index (χ2v) is 4.94. The zero-order chi connectivity index (χ0) is 18.4. The molecular weight excluding hydrogens is 328 g/mol. The Kier molecular flexibility index (Phi) is 7.16. The summed E-state index contributed by atoms with van der Waals surface area (Å²) < 4.78 is 0. The predicted molar refractivity (Wildman–Crippen MR) is 94.1 cm³/mol. The number of carbonyl (C=O) groups excluding carboxylic acids is 4. The molecule has 2 aliphatic heterocycles. The van der Waals surface area contributed by atoms with Gasteiger partial charge in [0.2, 0.25) is 11.8 Å². The Hall–Kier alpha value is -2.15. The van der Waals surface area contributed by atoms with Crippen LogP contribution < -0.4 is 5.32 Å². The molecule has 6 nitrogen and oxygen atoms in total. The van der Waals surface area contributed by atoms with Gasteiger partial charge in [-0.3, -0.25) is 29.4 Å². The zero-order valence-corrected chi connectivity index (χ0v) is 15.1. The van der Waals surface area contributed by atoms with Crippen LogP contribution in [0.2, 0.25) is 0 Å². The smallest absolute Gasteiger partial charge is 0.262 e. The van der Waals surface area contributed by atoms with Crippen LogP contribution >= 0.6 is 12.6 Å². The molecule has 24 heavy (non-hydrogen) atoms. The Bertz CT molecular complexity index is 673. The van der Waals surface area contributed by atoms with E-state index >= 15 is 0 Å². The van der Waals surface area contributed by atoms with Crippen LogP contribution in [0.4, 0.5) is 0 Å². The van der Waals surface area contributed by atoms with Gasteiger partial charge in [0.15, 0.2) is 0 Å². The van der Waals surface area contributed by atoms with Crippen molar-refractivity contribution in [2.45, 2.75) is 39.7 Å². The highest BCUT2D eigenvalue weighted by molar-refractivity contribution is 7.79. The highest BCUT2D eigenvalue weighted by Crippen LogP contribution is 2.29. The maximum Gasteiger partial charge on any atom is 0.262 e. The first-order valence-corrected chi connectivity index (χ1v) is 8.66. The summed E-state index contributed by atoms with van der Waals surface area (Å²) in [4.78, 5) is 48.7. The molecular formula is C17H22N2O4S. The van der Waals surface area contributed by atoms with Crippen LogP contribution in [0.15, 0.2) is 18.2 Å². The largest absolute Gasteiger partial charge is 0.295 e. The standard InChI is InChI=1S/C14H12N2O4.C2H6.CH4S/c1-7-3-2-4-8-11(7)14(20)16(13(8)19)9-5-6-10(17)15-12(9)18;2*1-2/h2-4,9H,5-6H2,1H3,(H,15,17,18);1-2H3;2H,1H3. The number of nitrogens with one attached hydrogen (secondary N) is 1. The molecule has 0 aliphatic carbocycles. The van der Waals surface area contributed by atoms with E-state index in [1.807, 2.05) is 13.8 Å². The molecule has 1 N–H and O–H groups in total. The Morgan fingerprint density at radius 3 is 2.25 bits per heavy atom. The highest BCUT2D eigenvalue weighted by Gasteiger charge is 2.44. The van der Waals surface area contributed by atoms with E-state index in [0.717, 1.165) is 4.90 Å². The normalized spacial score (nSPS) is 18.9. The number of hydrogen-bond acceptors (Lipinski definition) is 5. The fraction of sp³-hybridized carbons (Fsp3) is 0.412. The van der Waals surface area contributed by atoms with Gasteiger partial charge >= 0.3 is 0 Å². The maximum absolute atomic E-state index is 12.4. The van der Waals surface area contributed by atoms with Crippen LogP contribution in [0.3, 0.4) is 0 Å². The lowest BCUT2D eigenvalue weighted by Crippen LogP contribution is -2.54. The number of carbonyl (C=O) groups is 4. The molecule has 1 fully saturated rings. The number of piperidine rings is 1. The van der Waals surface area contributed by atoms with Crippen LogP contribution in [0.5, 0.6) is 0 Å². The molecule has 2 aliphatic rings. The molecule has 1 saturated heterocycles. The molecule has 1 aromatic rings. The van der Waals surface area contributed by atoms with Gasteiger partial charge in [0.05, 0.1) is 11.1 Å². The Morgan fingerprint density at radius 1 is 1.08 bits per heavy atom. The number of thiol groups is 1. The van der Waals surface area contributed by atoms with E-state index in [1.54, 1.807) is 31.4 Å². The van der Waals surface area contributed by atoms with Crippen molar-refractivity contribution in [3.8, 4) is 0 Å². The van der Waals surface area contributed by atoms with Gasteiger partial charge in [-0.2, -0.15) is 12.6 Å². The number of imide groups is 2. The van der Waals surface area contributed by atoms with E-state index in [-0.39, 0.29) is 18.7 Å². The minimum Gasteiger partial charge on any atom is -0.295 e. The topological polar surface area (TPSA) is 83.6 Å². The third-order valence-electron chi connectivity index (χ3n) is 3.68. The van der Waals surface area contributed by atoms with Crippen LogP contribution in [-0.2, 0) is 9.59 Å². The lowest BCUT2D eigenvalue weighted by Gasteiger charge is -2.27. The monoisotopic (exact) mass is 350 g/mol. The SMILES string of the molecule is CC.CS.Cc1cccc2c1C(=O)N(C1CCC(=O)NC1=O)C2=O. The number of nitrogens with zero attached hydrogens (tertiary/aromatic N) is 1. The quantitative estimate of drug-likeness (QED) is 0.599. The van der Waals surface area contributed by atoms with Crippen LogP contribution in [0.25, 0.3) is 0 Å². The molecule has 130 valence electrons. The van der Waals surface area contributed by atoms with E-state index in [1.165, 1.54) is 0 Å².